The molecule has 0 spiro atoms. The molecule has 3 N–H and O–H groups in total. The van der Waals surface area contributed by atoms with E-state index in [9.17, 15) is 4.79 Å². The number of hydrogen-bond donors (Lipinski definition) is 2. The fraction of sp³-hybridized carbons (Fsp3) is 0.533. The first-order valence-electron chi connectivity index (χ1n) is 6.61. The lowest BCUT2D eigenvalue weighted by Crippen LogP contribution is -2.45. The molecule has 1 fully saturated rings. The maximum atomic E-state index is 12.2. The molecule has 0 bridgehead atoms. The van der Waals surface area contributed by atoms with Gasteiger partial charge in [-0.2, -0.15) is 0 Å². The van der Waals surface area contributed by atoms with Crippen molar-refractivity contribution >= 4 is 18.3 Å². The Bertz CT molecular complexity index is 415. The van der Waals surface area contributed by atoms with E-state index < -0.39 is 5.41 Å². The standard InChI is InChI=1S/C15H22N2O.ClH/c1-15(2,12-6-4-3-5-7-12)14(18)17-10-13(16)11-8-9-11;/h3-7,11,13H,8-10,16H2,1-2H3,(H,17,18);1H. The van der Waals surface area contributed by atoms with Crippen molar-refractivity contribution in [2.24, 2.45) is 11.7 Å². The van der Waals surface area contributed by atoms with Crippen LogP contribution in [0.25, 0.3) is 0 Å². The molecule has 1 amide bonds. The van der Waals surface area contributed by atoms with Crippen LogP contribution in [0.4, 0.5) is 0 Å². The zero-order valence-corrected chi connectivity index (χ0v) is 12.4. The van der Waals surface area contributed by atoms with Crippen molar-refractivity contribution in [3.63, 3.8) is 0 Å². The Morgan fingerprint density at radius 3 is 2.47 bits per heavy atom. The number of carbonyl (C=O) groups is 1. The molecule has 106 valence electrons. The predicted octanol–water partition coefficient (Wildman–Crippen LogP) is 2.24. The number of carbonyl (C=O) groups excluding carboxylic acids is 1. The van der Waals surface area contributed by atoms with Gasteiger partial charge < -0.3 is 11.1 Å². The Hall–Kier alpha value is -1.06. The van der Waals surface area contributed by atoms with Crippen molar-refractivity contribution in [1.29, 1.82) is 0 Å². The van der Waals surface area contributed by atoms with Gasteiger partial charge in [0, 0.05) is 12.6 Å². The maximum Gasteiger partial charge on any atom is 0.230 e. The van der Waals surface area contributed by atoms with Gasteiger partial charge in [0.15, 0.2) is 0 Å². The van der Waals surface area contributed by atoms with Gasteiger partial charge in [-0.3, -0.25) is 4.79 Å². The van der Waals surface area contributed by atoms with E-state index in [0.29, 0.717) is 12.5 Å². The second-order valence-corrected chi connectivity index (χ2v) is 5.70. The van der Waals surface area contributed by atoms with Crippen LogP contribution in [0.3, 0.4) is 0 Å². The second kappa shape index (κ2) is 6.40. The minimum atomic E-state index is -0.509. The SMILES string of the molecule is CC(C)(C(=O)NCC(N)C1CC1)c1ccccc1.Cl. The Balaban J connectivity index is 0.00000180. The van der Waals surface area contributed by atoms with E-state index in [4.69, 9.17) is 5.73 Å². The molecule has 1 saturated carbocycles. The van der Waals surface area contributed by atoms with E-state index in [-0.39, 0.29) is 24.4 Å². The first-order valence-corrected chi connectivity index (χ1v) is 6.61. The van der Waals surface area contributed by atoms with Gasteiger partial charge in [-0.15, -0.1) is 12.4 Å². The van der Waals surface area contributed by atoms with Crippen molar-refractivity contribution in [3.8, 4) is 0 Å². The van der Waals surface area contributed by atoms with E-state index in [0.717, 1.165) is 5.56 Å². The van der Waals surface area contributed by atoms with Crippen molar-refractivity contribution in [2.75, 3.05) is 6.54 Å². The number of nitrogens with two attached hydrogens (primary N) is 1. The third-order valence-corrected chi connectivity index (χ3v) is 3.79. The molecule has 0 saturated heterocycles. The Morgan fingerprint density at radius 1 is 1.37 bits per heavy atom. The topological polar surface area (TPSA) is 55.1 Å². The molecule has 1 aliphatic carbocycles. The summed E-state index contributed by atoms with van der Waals surface area (Å²) in [5, 5.41) is 2.98. The summed E-state index contributed by atoms with van der Waals surface area (Å²) in [6.07, 6.45) is 2.41. The van der Waals surface area contributed by atoms with Crippen LogP contribution in [0.2, 0.25) is 0 Å². The highest BCUT2D eigenvalue weighted by atomic mass is 35.5. The van der Waals surface area contributed by atoms with Crippen molar-refractivity contribution in [3.05, 3.63) is 35.9 Å². The molecule has 1 aliphatic rings. The van der Waals surface area contributed by atoms with Crippen molar-refractivity contribution in [2.45, 2.75) is 38.1 Å². The number of amides is 1. The van der Waals surface area contributed by atoms with Gasteiger partial charge in [0.2, 0.25) is 5.91 Å². The summed E-state index contributed by atoms with van der Waals surface area (Å²) in [7, 11) is 0. The lowest BCUT2D eigenvalue weighted by Gasteiger charge is -2.25. The number of hydrogen-bond acceptors (Lipinski definition) is 2. The first kappa shape index (κ1) is 16.0. The molecule has 0 heterocycles. The quantitative estimate of drug-likeness (QED) is 0.870. The fourth-order valence-corrected chi connectivity index (χ4v) is 2.11. The molecule has 0 aliphatic heterocycles. The lowest BCUT2D eigenvalue weighted by atomic mass is 9.83. The fourth-order valence-electron chi connectivity index (χ4n) is 2.11. The largest absolute Gasteiger partial charge is 0.354 e. The highest BCUT2D eigenvalue weighted by Gasteiger charge is 2.32. The van der Waals surface area contributed by atoms with Crippen LogP contribution in [-0.4, -0.2) is 18.5 Å². The Morgan fingerprint density at radius 2 is 1.95 bits per heavy atom. The van der Waals surface area contributed by atoms with Crippen LogP contribution in [0.1, 0.15) is 32.3 Å². The second-order valence-electron chi connectivity index (χ2n) is 5.70. The molecular weight excluding hydrogens is 260 g/mol. The number of nitrogens with one attached hydrogen (secondary N) is 1. The summed E-state index contributed by atoms with van der Waals surface area (Å²) in [5.41, 5.74) is 6.52. The van der Waals surface area contributed by atoms with Crippen LogP contribution < -0.4 is 11.1 Å². The maximum absolute atomic E-state index is 12.2. The van der Waals surface area contributed by atoms with E-state index in [2.05, 4.69) is 5.32 Å². The first-order chi connectivity index (χ1) is 8.51. The van der Waals surface area contributed by atoms with Gasteiger partial charge in [-0.05, 0) is 38.2 Å². The van der Waals surface area contributed by atoms with E-state index >= 15 is 0 Å². The van der Waals surface area contributed by atoms with Crippen LogP contribution in [0.15, 0.2) is 30.3 Å². The molecule has 1 unspecified atom stereocenters. The van der Waals surface area contributed by atoms with Crippen molar-refractivity contribution in [1.82, 2.24) is 5.32 Å². The Kier molecular flexibility index (Phi) is 5.39. The van der Waals surface area contributed by atoms with Gasteiger partial charge in [0.05, 0.1) is 5.41 Å². The average molecular weight is 283 g/mol. The average Bonchev–Trinajstić information content (AvgIpc) is 3.20. The van der Waals surface area contributed by atoms with Crippen LogP contribution in [-0.2, 0) is 10.2 Å². The summed E-state index contributed by atoms with van der Waals surface area (Å²) >= 11 is 0. The number of halogens is 1. The summed E-state index contributed by atoms with van der Waals surface area (Å²) < 4.78 is 0. The van der Waals surface area contributed by atoms with Crippen LogP contribution >= 0.6 is 12.4 Å². The summed E-state index contributed by atoms with van der Waals surface area (Å²) in [6, 6.07) is 9.96. The number of rotatable bonds is 5. The van der Waals surface area contributed by atoms with Crippen molar-refractivity contribution < 1.29 is 4.79 Å². The highest BCUT2D eigenvalue weighted by molar-refractivity contribution is 5.87. The normalized spacial score (nSPS) is 16.4. The van der Waals surface area contributed by atoms with Gasteiger partial charge in [0.25, 0.3) is 0 Å². The number of benzene rings is 1. The minimum absolute atomic E-state index is 0. The third-order valence-electron chi connectivity index (χ3n) is 3.79. The van der Waals surface area contributed by atoms with E-state index in [1.807, 2.05) is 44.2 Å². The zero-order chi connectivity index (χ0) is 13.2. The summed E-state index contributed by atoms with van der Waals surface area (Å²) in [5.74, 6) is 0.662. The summed E-state index contributed by atoms with van der Waals surface area (Å²) in [4.78, 5) is 12.2. The monoisotopic (exact) mass is 282 g/mol. The Labute approximate surface area is 121 Å². The highest BCUT2D eigenvalue weighted by Crippen LogP contribution is 2.31. The molecule has 3 nitrogen and oxygen atoms in total. The molecule has 19 heavy (non-hydrogen) atoms. The molecular formula is C15H23ClN2O. The van der Waals surface area contributed by atoms with E-state index in [1.54, 1.807) is 0 Å². The predicted molar refractivity (Wildman–Crippen MR) is 80.4 cm³/mol. The minimum Gasteiger partial charge on any atom is -0.354 e. The van der Waals surface area contributed by atoms with Gasteiger partial charge in [0.1, 0.15) is 0 Å². The van der Waals surface area contributed by atoms with Gasteiger partial charge in [-0.25, -0.2) is 0 Å². The van der Waals surface area contributed by atoms with Gasteiger partial charge in [-0.1, -0.05) is 30.3 Å². The molecule has 2 rings (SSSR count). The molecule has 1 atom stereocenters. The molecule has 0 radical (unpaired) electrons. The zero-order valence-electron chi connectivity index (χ0n) is 11.6. The molecule has 1 aromatic carbocycles. The smallest absolute Gasteiger partial charge is 0.230 e. The molecule has 4 heteroatoms. The lowest BCUT2D eigenvalue weighted by molar-refractivity contribution is -0.125. The van der Waals surface area contributed by atoms with Crippen LogP contribution in [0.5, 0.6) is 0 Å². The van der Waals surface area contributed by atoms with Crippen LogP contribution in [0, 0.1) is 5.92 Å². The van der Waals surface area contributed by atoms with E-state index in [1.165, 1.54) is 12.8 Å². The third kappa shape index (κ3) is 3.95. The summed E-state index contributed by atoms with van der Waals surface area (Å²) in [6.45, 7) is 4.47. The molecule has 1 aromatic rings. The van der Waals surface area contributed by atoms with Gasteiger partial charge >= 0.3 is 0 Å². The molecule has 0 aromatic heterocycles.